The average molecular weight is 159 g/mol. The van der Waals surface area contributed by atoms with Crippen molar-refractivity contribution in [3.8, 4) is 0 Å². The molecule has 0 aliphatic heterocycles. The number of carbonyl (C=O) groups is 1. The van der Waals surface area contributed by atoms with E-state index in [1.807, 2.05) is 0 Å². The van der Waals surface area contributed by atoms with Crippen LogP contribution in [0.3, 0.4) is 0 Å². The van der Waals surface area contributed by atoms with Gasteiger partial charge in [-0.25, -0.2) is 10.2 Å². The summed E-state index contributed by atoms with van der Waals surface area (Å²) in [7, 11) is 0. The second-order valence-corrected chi connectivity index (χ2v) is 2.89. The predicted molar refractivity (Wildman–Crippen MR) is 42.0 cm³/mol. The van der Waals surface area contributed by atoms with Crippen LogP contribution in [-0.4, -0.2) is 18.0 Å². The summed E-state index contributed by atoms with van der Waals surface area (Å²) in [5.74, 6) is 0. The summed E-state index contributed by atoms with van der Waals surface area (Å²) >= 11 is 0. The van der Waals surface area contributed by atoms with Crippen LogP contribution in [0.1, 0.15) is 20.8 Å². The number of hydrazone groups is 1. The van der Waals surface area contributed by atoms with Gasteiger partial charge >= 0.3 is 6.09 Å². The second-order valence-electron chi connectivity index (χ2n) is 2.89. The molecule has 5 heteroatoms. The first-order chi connectivity index (χ1) is 4.95. The van der Waals surface area contributed by atoms with Crippen molar-refractivity contribution in [2.75, 3.05) is 0 Å². The number of nitrogens with zero attached hydrogens (tertiary/aromatic N) is 1. The second kappa shape index (κ2) is 3.80. The Labute approximate surface area is 65.6 Å². The maximum atomic E-state index is 10.7. The third kappa shape index (κ3) is 6.63. The van der Waals surface area contributed by atoms with Gasteiger partial charge in [0.05, 0.1) is 0 Å². The number of amides is 1. The van der Waals surface area contributed by atoms with Gasteiger partial charge in [-0.2, -0.15) is 5.10 Å². The lowest BCUT2D eigenvalue weighted by Gasteiger charge is -2.18. The summed E-state index contributed by atoms with van der Waals surface area (Å²) in [6.07, 6.45) is 0.364. The molecule has 0 bridgehead atoms. The van der Waals surface area contributed by atoms with Gasteiger partial charge in [0.1, 0.15) is 11.9 Å². The van der Waals surface area contributed by atoms with E-state index in [0.717, 1.165) is 6.34 Å². The Morgan fingerprint density at radius 1 is 1.64 bits per heavy atom. The molecule has 0 aromatic heterocycles. The lowest BCUT2D eigenvalue weighted by Crippen LogP contribution is -2.30. The third-order valence-corrected chi connectivity index (χ3v) is 0.629. The quantitative estimate of drug-likeness (QED) is 0.330. The minimum absolute atomic E-state index is 0.506. The Hall–Kier alpha value is -1.26. The van der Waals surface area contributed by atoms with Crippen LogP contribution in [0.2, 0.25) is 0 Å². The summed E-state index contributed by atoms with van der Waals surface area (Å²) in [5, 5.41) is 3.28. The Morgan fingerprint density at radius 2 is 2.18 bits per heavy atom. The van der Waals surface area contributed by atoms with Gasteiger partial charge < -0.3 is 10.5 Å². The fourth-order valence-electron chi connectivity index (χ4n) is 0.391. The molecule has 64 valence electrons. The number of nitrogens with two attached hydrogens (primary N) is 1. The van der Waals surface area contributed by atoms with Crippen LogP contribution < -0.4 is 11.2 Å². The molecule has 1 amide bonds. The molecule has 0 aliphatic carbocycles. The van der Waals surface area contributed by atoms with Gasteiger partial charge in [-0.15, -0.1) is 0 Å². The largest absolute Gasteiger partial charge is 0.443 e. The van der Waals surface area contributed by atoms with E-state index in [-0.39, 0.29) is 0 Å². The Kier molecular flexibility index (Phi) is 3.36. The van der Waals surface area contributed by atoms with Crippen LogP contribution >= 0.6 is 0 Å². The number of nitrogens with one attached hydrogen (secondary N) is 1. The maximum Gasteiger partial charge on any atom is 0.428 e. The fraction of sp³-hybridized carbons (Fsp3) is 0.667. The predicted octanol–water partition coefficient (Wildman–Crippen LogP) is 0.413. The van der Waals surface area contributed by atoms with E-state index >= 15 is 0 Å². The van der Waals surface area contributed by atoms with Crippen LogP contribution in [0.25, 0.3) is 0 Å². The summed E-state index contributed by atoms with van der Waals surface area (Å²) in [6.45, 7) is 5.29. The standard InChI is InChI=1S/C6H13N3O2/c1-6(2,3)11-5(10)9-8-4-7/h4H,1-3H3,(H2,7,8)(H,9,10). The van der Waals surface area contributed by atoms with Crippen molar-refractivity contribution in [2.45, 2.75) is 26.4 Å². The van der Waals surface area contributed by atoms with Gasteiger partial charge in [0, 0.05) is 0 Å². The molecule has 0 saturated heterocycles. The van der Waals surface area contributed by atoms with Crippen LogP contribution in [0.5, 0.6) is 0 Å². The molecule has 11 heavy (non-hydrogen) atoms. The smallest absolute Gasteiger partial charge is 0.428 e. The van der Waals surface area contributed by atoms with E-state index in [9.17, 15) is 4.79 Å². The zero-order valence-corrected chi connectivity index (χ0v) is 6.92. The van der Waals surface area contributed by atoms with Crippen LogP contribution in [-0.2, 0) is 4.74 Å². The number of rotatable bonds is 1. The van der Waals surface area contributed by atoms with Crippen molar-refractivity contribution in [3.63, 3.8) is 0 Å². The van der Waals surface area contributed by atoms with Gasteiger partial charge in [-0.1, -0.05) is 0 Å². The molecule has 0 aromatic rings. The van der Waals surface area contributed by atoms with Gasteiger partial charge in [0.25, 0.3) is 0 Å². The molecule has 5 nitrogen and oxygen atoms in total. The highest BCUT2D eigenvalue weighted by Gasteiger charge is 2.14. The molecule has 0 fully saturated rings. The topological polar surface area (TPSA) is 76.7 Å². The first-order valence-corrected chi connectivity index (χ1v) is 3.18. The van der Waals surface area contributed by atoms with Gasteiger partial charge in [0.2, 0.25) is 0 Å². The highest BCUT2D eigenvalue weighted by atomic mass is 16.6. The van der Waals surface area contributed by atoms with E-state index in [1.165, 1.54) is 0 Å². The molecule has 0 heterocycles. The molecule has 0 aliphatic rings. The number of ether oxygens (including phenoxy) is 1. The SMILES string of the molecule is CC(C)(C)OC(=O)N/N=C\N. The Bertz CT molecular complexity index is 160. The van der Waals surface area contributed by atoms with Gasteiger partial charge in [0.15, 0.2) is 0 Å². The molecule has 0 aromatic carbocycles. The summed E-state index contributed by atoms with van der Waals surface area (Å²) in [4.78, 5) is 10.7. The van der Waals surface area contributed by atoms with Crippen LogP contribution in [0.15, 0.2) is 5.10 Å². The number of hydrogen-bond donors (Lipinski definition) is 2. The highest BCUT2D eigenvalue weighted by molar-refractivity contribution is 5.68. The summed E-state index contributed by atoms with van der Waals surface area (Å²) in [6, 6.07) is 0. The molecule has 0 radical (unpaired) electrons. The lowest BCUT2D eigenvalue weighted by atomic mass is 10.2. The highest BCUT2D eigenvalue weighted by Crippen LogP contribution is 2.05. The zero-order valence-electron chi connectivity index (χ0n) is 6.92. The molecule has 3 N–H and O–H groups in total. The van der Waals surface area contributed by atoms with Gasteiger partial charge in [-0.3, -0.25) is 0 Å². The van der Waals surface area contributed by atoms with Crippen molar-refractivity contribution in [1.29, 1.82) is 0 Å². The minimum atomic E-state index is -0.612. The third-order valence-electron chi connectivity index (χ3n) is 0.629. The molecule has 0 rings (SSSR count). The zero-order chi connectivity index (χ0) is 8.91. The van der Waals surface area contributed by atoms with E-state index < -0.39 is 11.7 Å². The Morgan fingerprint density at radius 3 is 2.55 bits per heavy atom. The molecular formula is C6H13N3O2. The van der Waals surface area contributed by atoms with Crippen LogP contribution in [0, 0.1) is 0 Å². The first kappa shape index (κ1) is 9.74. The summed E-state index contributed by atoms with van der Waals surface area (Å²) < 4.78 is 4.82. The summed E-state index contributed by atoms with van der Waals surface area (Å²) in [5.41, 5.74) is 6.45. The molecule has 0 atom stereocenters. The molecular weight excluding hydrogens is 146 g/mol. The number of hydrogen-bond acceptors (Lipinski definition) is 3. The van der Waals surface area contributed by atoms with Crippen molar-refractivity contribution in [2.24, 2.45) is 10.8 Å². The average Bonchev–Trinajstić information content (AvgIpc) is 1.79. The van der Waals surface area contributed by atoms with Crippen molar-refractivity contribution in [3.05, 3.63) is 0 Å². The molecule has 0 spiro atoms. The minimum Gasteiger partial charge on any atom is -0.443 e. The Balaban J connectivity index is 3.70. The van der Waals surface area contributed by atoms with E-state index in [0.29, 0.717) is 0 Å². The van der Waals surface area contributed by atoms with E-state index in [1.54, 1.807) is 20.8 Å². The van der Waals surface area contributed by atoms with E-state index in [2.05, 4.69) is 10.5 Å². The van der Waals surface area contributed by atoms with Crippen molar-refractivity contribution >= 4 is 12.4 Å². The van der Waals surface area contributed by atoms with Crippen LogP contribution in [0.4, 0.5) is 4.79 Å². The molecule has 0 unspecified atom stereocenters. The van der Waals surface area contributed by atoms with E-state index in [4.69, 9.17) is 10.5 Å². The monoisotopic (exact) mass is 159 g/mol. The van der Waals surface area contributed by atoms with Gasteiger partial charge in [-0.05, 0) is 20.8 Å². The van der Waals surface area contributed by atoms with Crippen molar-refractivity contribution < 1.29 is 9.53 Å². The number of carbonyl (C=O) groups excluding carboxylic acids is 1. The molecule has 0 saturated carbocycles. The fourth-order valence-corrected chi connectivity index (χ4v) is 0.391. The first-order valence-electron chi connectivity index (χ1n) is 3.18. The lowest BCUT2D eigenvalue weighted by molar-refractivity contribution is 0.0529. The normalized spacial score (nSPS) is 11.5. The van der Waals surface area contributed by atoms with Crippen molar-refractivity contribution in [1.82, 2.24) is 5.43 Å². The maximum absolute atomic E-state index is 10.7.